The first-order valence-electron chi connectivity index (χ1n) is 14.8. The second-order valence-corrected chi connectivity index (χ2v) is 11.9. The van der Waals surface area contributed by atoms with Gasteiger partial charge in [-0.3, -0.25) is 9.59 Å². The van der Waals surface area contributed by atoms with Gasteiger partial charge in [0.15, 0.2) is 11.6 Å². The number of carbonyl (C=O) groups excluding carboxylic acids is 2. The number of hydrogen-bond acceptors (Lipinski definition) is 9. The second kappa shape index (κ2) is 16.1. The van der Waals surface area contributed by atoms with Crippen molar-refractivity contribution in [3.63, 3.8) is 0 Å². The van der Waals surface area contributed by atoms with Crippen LogP contribution < -0.4 is 10.1 Å². The molecule has 12 heteroatoms. The number of hydrogen-bond donors (Lipinski definition) is 2. The van der Waals surface area contributed by atoms with Crippen molar-refractivity contribution < 1.29 is 28.9 Å². The van der Waals surface area contributed by atoms with Gasteiger partial charge in [-0.1, -0.05) is 29.4 Å². The molecule has 1 heterocycles. The molecule has 2 N–H and O–H groups in total. The number of azide groups is 1. The SMILES string of the molecule is CN(C)CCCNC(=O)[C@]1(CCC(=O)OC(C)(C)C)N=C(c2ccc(OCCCO)cc2)O[C@@H]1c1ccccc1CN=[N+]=[N-]. The monoisotopic (exact) mass is 608 g/mol. The Kier molecular flexibility index (Phi) is 12.6. The first-order valence-corrected chi connectivity index (χ1v) is 14.8. The van der Waals surface area contributed by atoms with Crippen molar-refractivity contribution in [2.24, 2.45) is 10.1 Å². The fraction of sp³-hybridized carbons (Fsp3) is 0.531. The number of carbonyl (C=O) groups is 2. The summed E-state index contributed by atoms with van der Waals surface area (Å²) in [7, 11) is 3.93. The number of nitrogens with zero attached hydrogens (tertiary/aromatic N) is 5. The highest BCUT2D eigenvalue weighted by Crippen LogP contribution is 2.44. The van der Waals surface area contributed by atoms with Crippen LogP contribution in [0, 0.1) is 0 Å². The number of nitrogens with one attached hydrogen (secondary N) is 1. The molecule has 3 rings (SSSR count). The van der Waals surface area contributed by atoms with Gasteiger partial charge in [-0.2, -0.15) is 0 Å². The third kappa shape index (κ3) is 9.70. The van der Waals surface area contributed by atoms with Crippen molar-refractivity contribution in [2.45, 2.75) is 70.2 Å². The first-order chi connectivity index (χ1) is 21.0. The lowest BCUT2D eigenvalue weighted by Gasteiger charge is -2.32. The number of rotatable bonds is 16. The minimum Gasteiger partial charge on any atom is -0.494 e. The Morgan fingerprint density at radius 1 is 1.16 bits per heavy atom. The Balaban J connectivity index is 2.07. The van der Waals surface area contributed by atoms with Crippen molar-refractivity contribution in [3.05, 3.63) is 75.7 Å². The highest BCUT2D eigenvalue weighted by Gasteiger charge is 2.53. The molecule has 2 atom stereocenters. The van der Waals surface area contributed by atoms with Crippen LogP contribution in [0.15, 0.2) is 58.6 Å². The van der Waals surface area contributed by atoms with E-state index in [1.807, 2.05) is 43.3 Å². The van der Waals surface area contributed by atoms with E-state index in [2.05, 4.69) is 15.3 Å². The normalized spacial score (nSPS) is 17.8. The molecule has 0 fully saturated rings. The molecule has 0 saturated heterocycles. The van der Waals surface area contributed by atoms with E-state index in [4.69, 9.17) is 29.8 Å². The Bertz CT molecular complexity index is 1330. The zero-order chi connectivity index (χ0) is 32.2. The van der Waals surface area contributed by atoms with E-state index in [0.29, 0.717) is 48.4 Å². The number of amides is 1. The van der Waals surface area contributed by atoms with Gasteiger partial charge in [0, 0.05) is 36.5 Å². The third-order valence-electron chi connectivity index (χ3n) is 6.87. The number of benzene rings is 2. The Labute approximate surface area is 259 Å². The maximum Gasteiger partial charge on any atom is 0.306 e. The fourth-order valence-electron chi connectivity index (χ4n) is 4.82. The van der Waals surface area contributed by atoms with Gasteiger partial charge in [0.2, 0.25) is 5.90 Å². The molecule has 238 valence electrons. The molecule has 0 unspecified atom stereocenters. The first kappa shape index (κ1) is 34.4. The van der Waals surface area contributed by atoms with E-state index in [1.54, 1.807) is 45.0 Å². The quantitative estimate of drug-likeness (QED) is 0.0918. The number of aliphatic hydroxyl groups excluding tert-OH is 1. The zero-order valence-electron chi connectivity index (χ0n) is 26.3. The van der Waals surface area contributed by atoms with Crippen LogP contribution in [0.1, 0.15) is 69.2 Å². The summed E-state index contributed by atoms with van der Waals surface area (Å²) < 4.78 is 17.8. The van der Waals surface area contributed by atoms with E-state index in [0.717, 1.165) is 6.54 Å². The summed E-state index contributed by atoms with van der Waals surface area (Å²) in [4.78, 5) is 37.0. The molecule has 0 saturated carbocycles. The minimum atomic E-state index is -1.52. The highest BCUT2D eigenvalue weighted by molar-refractivity contribution is 6.01. The van der Waals surface area contributed by atoms with Crippen molar-refractivity contribution in [2.75, 3.05) is 40.4 Å². The van der Waals surface area contributed by atoms with Gasteiger partial charge in [0.1, 0.15) is 11.4 Å². The van der Waals surface area contributed by atoms with Crippen LogP contribution in [0.5, 0.6) is 5.75 Å². The van der Waals surface area contributed by atoms with E-state index >= 15 is 0 Å². The summed E-state index contributed by atoms with van der Waals surface area (Å²) >= 11 is 0. The van der Waals surface area contributed by atoms with Crippen LogP contribution in [0.4, 0.5) is 0 Å². The Morgan fingerprint density at radius 3 is 2.55 bits per heavy atom. The van der Waals surface area contributed by atoms with Crippen LogP contribution in [-0.4, -0.2) is 79.3 Å². The van der Waals surface area contributed by atoms with Gasteiger partial charge in [-0.25, -0.2) is 4.99 Å². The van der Waals surface area contributed by atoms with Crippen LogP contribution in [0.25, 0.3) is 10.4 Å². The van der Waals surface area contributed by atoms with E-state index in [-0.39, 0.29) is 37.8 Å². The number of aliphatic hydroxyl groups is 1. The van der Waals surface area contributed by atoms with Crippen molar-refractivity contribution in [1.82, 2.24) is 10.2 Å². The molecular weight excluding hydrogens is 564 g/mol. The third-order valence-corrected chi connectivity index (χ3v) is 6.87. The maximum atomic E-state index is 14.2. The van der Waals surface area contributed by atoms with Crippen LogP contribution >= 0.6 is 0 Å². The minimum absolute atomic E-state index is 0.0216. The molecule has 1 aliphatic rings. The molecule has 0 spiro atoms. The molecule has 2 aromatic carbocycles. The largest absolute Gasteiger partial charge is 0.494 e. The Morgan fingerprint density at radius 2 is 1.89 bits per heavy atom. The summed E-state index contributed by atoms with van der Waals surface area (Å²) in [6.45, 7) is 7.02. The average molecular weight is 609 g/mol. The molecule has 0 bridgehead atoms. The molecule has 1 aliphatic heterocycles. The van der Waals surface area contributed by atoms with Gasteiger partial charge < -0.3 is 29.5 Å². The van der Waals surface area contributed by atoms with Crippen LogP contribution in [0.2, 0.25) is 0 Å². The molecule has 0 aliphatic carbocycles. The second-order valence-electron chi connectivity index (χ2n) is 11.9. The van der Waals surface area contributed by atoms with E-state index in [1.165, 1.54) is 0 Å². The summed E-state index contributed by atoms with van der Waals surface area (Å²) in [6.07, 6.45) is 0.259. The van der Waals surface area contributed by atoms with Crippen LogP contribution in [-0.2, 0) is 25.6 Å². The zero-order valence-corrected chi connectivity index (χ0v) is 26.3. The number of aliphatic imine (C=N–C) groups is 1. The molecular formula is C32H44N6O6. The molecule has 1 amide bonds. The lowest BCUT2D eigenvalue weighted by molar-refractivity contribution is -0.155. The smallest absolute Gasteiger partial charge is 0.306 e. The van der Waals surface area contributed by atoms with Gasteiger partial charge >= 0.3 is 5.97 Å². The van der Waals surface area contributed by atoms with Crippen molar-refractivity contribution in [3.8, 4) is 5.75 Å². The topological polar surface area (TPSA) is 158 Å². The lowest BCUT2D eigenvalue weighted by atomic mass is 9.81. The van der Waals surface area contributed by atoms with Crippen LogP contribution in [0.3, 0.4) is 0 Å². The van der Waals surface area contributed by atoms with Gasteiger partial charge in [-0.05, 0) is 95.2 Å². The van der Waals surface area contributed by atoms with Crippen molar-refractivity contribution >= 4 is 17.8 Å². The van der Waals surface area contributed by atoms with Crippen molar-refractivity contribution in [1.29, 1.82) is 0 Å². The molecule has 44 heavy (non-hydrogen) atoms. The molecule has 2 aromatic rings. The summed E-state index contributed by atoms with van der Waals surface area (Å²) in [6, 6.07) is 14.4. The molecule has 12 nitrogen and oxygen atoms in total. The number of esters is 1. The summed E-state index contributed by atoms with van der Waals surface area (Å²) in [5.74, 6) is 0.0313. The lowest BCUT2D eigenvalue weighted by Crippen LogP contribution is -2.49. The van der Waals surface area contributed by atoms with E-state index in [9.17, 15) is 9.59 Å². The van der Waals surface area contributed by atoms with Gasteiger partial charge in [-0.15, -0.1) is 0 Å². The molecule has 0 aromatic heterocycles. The number of ether oxygens (including phenoxy) is 3. The highest BCUT2D eigenvalue weighted by atomic mass is 16.6. The maximum absolute atomic E-state index is 14.2. The predicted molar refractivity (Wildman–Crippen MR) is 167 cm³/mol. The van der Waals surface area contributed by atoms with Gasteiger partial charge in [0.25, 0.3) is 5.91 Å². The summed E-state index contributed by atoms with van der Waals surface area (Å²) in [5, 5.41) is 15.8. The Hall–Kier alpha value is -4.12. The van der Waals surface area contributed by atoms with E-state index < -0.39 is 23.2 Å². The summed E-state index contributed by atoms with van der Waals surface area (Å²) in [5.41, 5.74) is 8.74. The molecule has 0 radical (unpaired) electrons. The van der Waals surface area contributed by atoms with Gasteiger partial charge in [0.05, 0.1) is 13.2 Å². The standard InChI is InChI=1S/C32H44N6O6/c1-31(2,3)44-27(40)16-17-32(30(41)34-18-8-19-38(4)5)28(26-11-7-6-10-24(26)22-35-37-33)43-29(36-32)23-12-14-25(15-13-23)42-21-9-20-39/h6-7,10-15,28,39H,8-9,16-22H2,1-5H3,(H,34,41)/t28-,32-/m1/s1. The fourth-order valence-corrected chi connectivity index (χ4v) is 4.82. The predicted octanol–water partition coefficient (Wildman–Crippen LogP) is 4.70. The average Bonchev–Trinajstić information content (AvgIpc) is 3.37.